The van der Waals surface area contributed by atoms with Crippen molar-refractivity contribution >= 4 is 14.8 Å². The van der Waals surface area contributed by atoms with E-state index in [4.69, 9.17) is 4.74 Å². The molecule has 16 heavy (non-hydrogen) atoms. The molecule has 1 heterocycles. The van der Waals surface area contributed by atoms with E-state index in [1.807, 2.05) is 12.3 Å². The molecule has 0 aliphatic heterocycles. The first-order valence-electron chi connectivity index (χ1n) is 6.12. The first kappa shape index (κ1) is 13.4. The average molecular weight is 237 g/mol. The van der Waals surface area contributed by atoms with Crippen LogP contribution in [0.15, 0.2) is 24.4 Å². The van der Waals surface area contributed by atoms with Gasteiger partial charge in [0.25, 0.3) is 0 Å². The summed E-state index contributed by atoms with van der Waals surface area (Å²) in [5.41, 5.74) is 0. The Morgan fingerprint density at radius 2 is 1.88 bits per heavy atom. The number of hydrogen-bond acceptors (Lipinski definition) is 2. The minimum absolute atomic E-state index is 0.351. The summed E-state index contributed by atoms with van der Waals surface area (Å²) in [6, 6.07) is 6.12. The molecule has 0 aliphatic rings. The number of pyridine rings is 1. The molecule has 0 bridgehead atoms. The molecule has 0 amide bonds. The standard InChI is InChI=1S/C13H23NOSi/c1-10(2)13(11(3)4)15-9-16-12-7-5-6-8-14-12/h5-8,10-11,13H,9,16H2,1-4H3. The molecule has 0 aliphatic carbocycles. The Morgan fingerprint density at radius 1 is 1.19 bits per heavy atom. The monoisotopic (exact) mass is 237 g/mol. The average Bonchev–Trinajstić information content (AvgIpc) is 2.24. The third-order valence-corrected chi connectivity index (χ3v) is 4.08. The molecule has 0 saturated carbocycles. The van der Waals surface area contributed by atoms with Crippen molar-refractivity contribution in [2.45, 2.75) is 33.8 Å². The zero-order valence-electron chi connectivity index (χ0n) is 10.8. The van der Waals surface area contributed by atoms with Gasteiger partial charge in [-0.15, -0.1) is 0 Å². The summed E-state index contributed by atoms with van der Waals surface area (Å²) in [6.07, 6.45) is 3.15. The van der Waals surface area contributed by atoms with Gasteiger partial charge >= 0.3 is 0 Å². The highest BCUT2D eigenvalue weighted by atomic mass is 28.2. The largest absolute Gasteiger partial charge is 0.381 e. The van der Waals surface area contributed by atoms with Gasteiger partial charge in [-0.25, -0.2) is 0 Å². The highest BCUT2D eigenvalue weighted by Crippen LogP contribution is 2.15. The lowest BCUT2D eigenvalue weighted by Crippen LogP contribution is -2.31. The van der Waals surface area contributed by atoms with E-state index in [1.165, 1.54) is 5.32 Å². The Kier molecular flexibility index (Phi) is 5.70. The molecule has 1 rings (SSSR count). The number of nitrogens with zero attached hydrogens (tertiary/aromatic N) is 1. The van der Waals surface area contributed by atoms with E-state index in [0.29, 0.717) is 17.9 Å². The van der Waals surface area contributed by atoms with E-state index < -0.39 is 0 Å². The van der Waals surface area contributed by atoms with Crippen molar-refractivity contribution in [3.8, 4) is 0 Å². The number of rotatable bonds is 6. The highest BCUT2D eigenvalue weighted by molar-refractivity contribution is 6.52. The molecule has 0 unspecified atom stereocenters. The fourth-order valence-electron chi connectivity index (χ4n) is 2.00. The second-order valence-corrected chi connectivity index (χ2v) is 6.53. The molecule has 0 atom stereocenters. The lowest BCUT2D eigenvalue weighted by Gasteiger charge is -2.25. The zero-order valence-corrected chi connectivity index (χ0v) is 12.2. The Labute approximate surface area is 101 Å². The number of hydrogen-bond donors (Lipinski definition) is 0. The first-order valence-corrected chi connectivity index (χ1v) is 7.83. The minimum atomic E-state index is -0.351. The van der Waals surface area contributed by atoms with E-state index in [1.54, 1.807) is 0 Å². The molecule has 0 aromatic carbocycles. The topological polar surface area (TPSA) is 22.1 Å². The smallest absolute Gasteiger partial charge is 0.108 e. The summed E-state index contributed by atoms with van der Waals surface area (Å²) in [5, 5.41) is 1.24. The predicted octanol–water partition coefficient (Wildman–Crippen LogP) is 1.53. The highest BCUT2D eigenvalue weighted by Gasteiger charge is 2.17. The van der Waals surface area contributed by atoms with Gasteiger partial charge in [-0.1, -0.05) is 33.8 Å². The van der Waals surface area contributed by atoms with Crippen LogP contribution in [0.3, 0.4) is 0 Å². The molecule has 1 aromatic heterocycles. The van der Waals surface area contributed by atoms with Crippen molar-refractivity contribution in [2.75, 3.05) is 6.23 Å². The Balaban J connectivity index is 2.34. The van der Waals surface area contributed by atoms with Crippen LogP contribution in [0.5, 0.6) is 0 Å². The second-order valence-electron chi connectivity index (χ2n) is 4.89. The summed E-state index contributed by atoms with van der Waals surface area (Å²) in [5.74, 6) is 1.19. The molecule has 2 nitrogen and oxygen atoms in total. The van der Waals surface area contributed by atoms with E-state index >= 15 is 0 Å². The van der Waals surface area contributed by atoms with Crippen LogP contribution < -0.4 is 5.32 Å². The van der Waals surface area contributed by atoms with Crippen molar-refractivity contribution in [2.24, 2.45) is 11.8 Å². The van der Waals surface area contributed by atoms with Crippen LogP contribution in [0.2, 0.25) is 0 Å². The van der Waals surface area contributed by atoms with Crippen LogP contribution >= 0.6 is 0 Å². The second kappa shape index (κ2) is 6.81. The van der Waals surface area contributed by atoms with E-state index in [9.17, 15) is 0 Å². The van der Waals surface area contributed by atoms with Crippen molar-refractivity contribution < 1.29 is 4.74 Å². The summed E-state index contributed by atoms with van der Waals surface area (Å²) < 4.78 is 5.99. The third kappa shape index (κ3) is 4.45. The molecule has 90 valence electrons. The molecule has 3 heteroatoms. The lowest BCUT2D eigenvalue weighted by molar-refractivity contribution is 0.0166. The fraction of sp³-hybridized carbons (Fsp3) is 0.615. The van der Waals surface area contributed by atoms with Gasteiger partial charge in [-0.2, -0.15) is 0 Å². The van der Waals surface area contributed by atoms with Gasteiger partial charge in [0.2, 0.25) is 0 Å². The SMILES string of the molecule is CC(C)C(OC[SiH2]c1ccccn1)C(C)C. The number of aromatic nitrogens is 1. The maximum absolute atomic E-state index is 5.99. The molecule has 0 N–H and O–H groups in total. The maximum atomic E-state index is 5.99. The van der Waals surface area contributed by atoms with Gasteiger partial charge in [0.05, 0.1) is 6.10 Å². The van der Waals surface area contributed by atoms with Gasteiger partial charge in [-0.05, 0) is 24.0 Å². The van der Waals surface area contributed by atoms with Gasteiger partial charge in [0.1, 0.15) is 9.52 Å². The molecule has 1 aromatic rings. The molecule has 0 spiro atoms. The zero-order chi connectivity index (χ0) is 12.0. The van der Waals surface area contributed by atoms with E-state index in [0.717, 1.165) is 6.23 Å². The van der Waals surface area contributed by atoms with Gasteiger partial charge in [0.15, 0.2) is 0 Å². The van der Waals surface area contributed by atoms with Gasteiger partial charge in [-0.3, -0.25) is 4.98 Å². The first-order chi connectivity index (χ1) is 7.61. The third-order valence-electron chi connectivity index (χ3n) is 2.71. The molecule has 0 fully saturated rings. The van der Waals surface area contributed by atoms with Crippen LogP contribution in [0.25, 0.3) is 0 Å². The van der Waals surface area contributed by atoms with Crippen molar-refractivity contribution in [1.29, 1.82) is 0 Å². The van der Waals surface area contributed by atoms with Crippen LogP contribution in [-0.4, -0.2) is 26.8 Å². The van der Waals surface area contributed by atoms with Crippen molar-refractivity contribution in [1.82, 2.24) is 4.98 Å². The fourth-order valence-corrected chi connectivity index (χ4v) is 3.14. The van der Waals surface area contributed by atoms with Crippen LogP contribution in [0.4, 0.5) is 0 Å². The van der Waals surface area contributed by atoms with E-state index in [2.05, 4.69) is 44.8 Å². The van der Waals surface area contributed by atoms with Crippen molar-refractivity contribution in [3.63, 3.8) is 0 Å². The quantitative estimate of drug-likeness (QED) is 0.700. The molecular formula is C13H23NOSi. The molecular weight excluding hydrogens is 214 g/mol. The predicted molar refractivity (Wildman–Crippen MR) is 71.8 cm³/mol. The molecule has 0 radical (unpaired) electrons. The Morgan fingerprint density at radius 3 is 2.38 bits per heavy atom. The summed E-state index contributed by atoms with van der Waals surface area (Å²) in [7, 11) is -0.351. The normalized spacial score (nSPS) is 12.4. The lowest BCUT2D eigenvalue weighted by atomic mass is 9.96. The Bertz CT molecular complexity index is 279. The Hall–Kier alpha value is -0.673. The van der Waals surface area contributed by atoms with Crippen LogP contribution in [0.1, 0.15) is 27.7 Å². The van der Waals surface area contributed by atoms with Crippen LogP contribution in [-0.2, 0) is 4.74 Å². The summed E-state index contributed by atoms with van der Waals surface area (Å²) in [4.78, 5) is 4.35. The van der Waals surface area contributed by atoms with Gasteiger partial charge in [0, 0.05) is 17.7 Å². The van der Waals surface area contributed by atoms with Gasteiger partial charge < -0.3 is 4.74 Å². The summed E-state index contributed by atoms with van der Waals surface area (Å²) >= 11 is 0. The minimum Gasteiger partial charge on any atom is -0.381 e. The molecule has 0 saturated heterocycles. The summed E-state index contributed by atoms with van der Waals surface area (Å²) in [6.45, 7) is 8.92. The number of ether oxygens (including phenoxy) is 1. The maximum Gasteiger partial charge on any atom is 0.108 e. The van der Waals surface area contributed by atoms with Crippen LogP contribution in [0, 0.1) is 11.8 Å². The van der Waals surface area contributed by atoms with Crippen molar-refractivity contribution in [3.05, 3.63) is 24.4 Å². The van der Waals surface area contributed by atoms with E-state index in [-0.39, 0.29) is 9.52 Å².